The third kappa shape index (κ3) is 6.31. The van der Waals surface area contributed by atoms with E-state index in [4.69, 9.17) is 25.6 Å². The minimum Gasteiger partial charge on any atom is -0.461 e. The monoisotopic (exact) mass is 674 g/mol. The zero-order chi connectivity index (χ0) is 34.3. The van der Waals surface area contributed by atoms with Gasteiger partial charge in [0, 0.05) is 55.9 Å². The molecule has 0 radical (unpaired) electrons. The molecule has 1 amide bonds. The van der Waals surface area contributed by atoms with Crippen LogP contribution in [0, 0.1) is 24.0 Å². The number of terminal acetylenes is 1. The number of fused-ring (bicyclic) bond motifs is 3. The van der Waals surface area contributed by atoms with Crippen LogP contribution in [-0.2, 0) is 4.74 Å². The molecule has 3 saturated heterocycles. The van der Waals surface area contributed by atoms with Gasteiger partial charge >= 0.3 is 12.1 Å². The standard InChI is InChI=1S/C36H37F3N6O4/c1-4-25-28(38)8-7-22-15-24(49-35(46)41-21(2)3)16-26(29(22)25)31-30(39)32-27(18-40-31)33(44-10-6-13-47-14-12-44)43-34(42-32)48-20-36-9-5-11-45(36)19-23(37)17-36/h1,7-8,15-16,18,21,23H,5-6,9-14,17,19-20H2,2-3H3,(H,41,46)/t23-,36+/m1/s1. The molecule has 0 saturated carbocycles. The van der Waals surface area contributed by atoms with Gasteiger partial charge in [-0.2, -0.15) is 9.97 Å². The summed E-state index contributed by atoms with van der Waals surface area (Å²) in [4.78, 5) is 30.4. The highest BCUT2D eigenvalue weighted by Crippen LogP contribution is 2.42. The van der Waals surface area contributed by atoms with Crippen molar-refractivity contribution >= 4 is 33.6 Å². The first kappa shape index (κ1) is 32.9. The number of aromatic nitrogens is 3. The van der Waals surface area contributed by atoms with E-state index in [0.717, 1.165) is 25.8 Å². The van der Waals surface area contributed by atoms with Crippen molar-refractivity contribution < 1.29 is 32.2 Å². The highest BCUT2D eigenvalue weighted by Gasteiger charge is 2.49. The number of amides is 1. The number of halogens is 3. The number of rotatable bonds is 7. The van der Waals surface area contributed by atoms with E-state index in [1.54, 1.807) is 13.8 Å². The lowest BCUT2D eigenvalue weighted by Crippen LogP contribution is -2.43. The van der Waals surface area contributed by atoms with E-state index in [0.29, 0.717) is 55.9 Å². The van der Waals surface area contributed by atoms with Gasteiger partial charge in [-0.15, -0.1) is 6.42 Å². The maximum Gasteiger partial charge on any atom is 0.412 e. The SMILES string of the molecule is C#Cc1c(F)ccc2cc(OC(=O)NC(C)C)cc(-c3ncc4c(N5CCCOCC5)nc(OC[C@@]56CCCN5C[C@H](F)C6)nc4c3F)c12. The number of pyridine rings is 1. The Bertz CT molecular complexity index is 1960. The second kappa shape index (κ2) is 13.3. The second-order valence-corrected chi connectivity index (χ2v) is 13.2. The van der Waals surface area contributed by atoms with Crippen molar-refractivity contribution in [2.75, 3.05) is 50.9 Å². The van der Waals surface area contributed by atoms with E-state index in [1.165, 1.54) is 30.5 Å². The first-order chi connectivity index (χ1) is 23.7. The van der Waals surface area contributed by atoms with Crippen molar-refractivity contribution in [1.29, 1.82) is 0 Å². The van der Waals surface area contributed by atoms with Gasteiger partial charge in [0.2, 0.25) is 0 Å². The van der Waals surface area contributed by atoms with Crippen molar-refractivity contribution in [1.82, 2.24) is 25.2 Å². The average Bonchev–Trinajstić information content (AvgIpc) is 3.45. The fourth-order valence-electron chi connectivity index (χ4n) is 7.29. The molecular formula is C36H37F3N6O4. The zero-order valence-electron chi connectivity index (χ0n) is 27.4. The van der Waals surface area contributed by atoms with Crippen molar-refractivity contribution in [2.45, 2.75) is 57.3 Å². The number of carbonyl (C=O) groups excluding carboxylic acids is 1. The number of hydrogen-bond donors (Lipinski definition) is 1. The maximum absolute atomic E-state index is 17.0. The molecule has 2 aromatic heterocycles. The molecule has 4 aromatic rings. The number of ether oxygens (including phenoxy) is 3. The number of carbonyl (C=O) groups is 1. The fraction of sp³-hybridized carbons (Fsp3) is 0.444. The van der Waals surface area contributed by atoms with Crippen LogP contribution in [0.1, 0.15) is 45.1 Å². The number of hydrogen-bond acceptors (Lipinski definition) is 9. The molecule has 0 bridgehead atoms. The lowest BCUT2D eigenvalue weighted by atomic mass is 9.95. The predicted molar refractivity (Wildman–Crippen MR) is 179 cm³/mol. The lowest BCUT2D eigenvalue weighted by molar-refractivity contribution is 0.107. The summed E-state index contributed by atoms with van der Waals surface area (Å²) in [5.41, 5.74) is -0.690. The number of benzene rings is 2. The van der Waals surface area contributed by atoms with Gasteiger partial charge in [-0.05, 0) is 63.2 Å². The van der Waals surface area contributed by atoms with E-state index < -0.39 is 29.4 Å². The van der Waals surface area contributed by atoms with Crippen LogP contribution in [0.4, 0.5) is 23.8 Å². The molecule has 10 nitrogen and oxygen atoms in total. The summed E-state index contributed by atoms with van der Waals surface area (Å²) < 4.78 is 64.0. The minimum atomic E-state index is -0.941. The van der Waals surface area contributed by atoms with Crippen LogP contribution in [0.3, 0.4) is 0 Å². The summed E-state index contributed by atoms with van der Waals surface area (Å²) in [5, 5.41) is 3.64. The molecule has 0 spiro atoms. The van der Waals surface area contributed by atoms with E-state index in [-0.39, 0.29) is 52.1 Å². The molecule has 3 aliphatic rings. The van der Waals surface area contributed by atoms with Crippen LogP contribution in [0.5, 0.6) is 11.8 Å². The summed E-state index contributed by atoms with van der Waals surface area (Å²) >= 11 is 0. The number of alkyl halides is 1. The van der Waals surface area contributed by atoms with Gasteiger partial charge < -0.3 is 24.4 Å². The average molecular weight is 675 g/mol. The minimum absolute atomic E-state index is 0.0464. The molecule has 3 aliphatic heterocycles. The van der Waals surface area contributed by atoms with Crippen molar-refractivity contribution in [3.8, 4) is 35.4 Å². The summed E-state index contributed by atoms with van der Waals surface area (Å²) in [6, 6.07) is 5.38. The summed E-state index contributed by atoms with van der Waals surface area (Å²) in [6.07, 6.45) is 8.38. The molecule has 0 unspecified atom stereocenters. The smallest absolute Gasteiger partial charge is 0.412 e. The molecule has 2 atom stereocenters. The number of nitrogens with one attached hydrogen (secondary N) is 1. The molecule has 5 heterocycles. The van der Waals surface area contributed by atoms with Crippen LogP contribution in [-0.4, -0.2) is 89.7 Å². The Morgan fingerprint density at radius 1 is 1.18 bits per heavy atom. The topological polar surface area (TPSA) is 102 Å². The molecule has 0 aliphatic carbocycles. The van der Waals surface area contributed by atoms with E-state index in [2.05, 4.69) is 26.1 Å². The summed E-state index contributed by atoms with van der Waals surface area (Å²) in [5.74, 6) is 1.40. The largest absolute Gasteiger partial charge is 0.461 e. The molecule has 1 N–H and O–H groups in total. The van der Waals surface area contributed by atoms with Crippen LogP contribution >= 0.6 is 0 Å². The lowest BCUT2D eigenvalue weighted by Gasteiger charge is -2.31. The molecule has 7 rings (SSSR count). The van der Waals surface area contributed by atoms with Gasteiger partial charge in [-0.3, -0.25) is 9.88 Å². The molecular weight excluding hydrogens is 637 g/mol. The molecule has 49 heavy (non-hydrogen) atoms. The van der Waals surface area contributed by atoms with Crippen LogP contribution in [0.2, 0.25) is 0 Å². The molecule has 13 heteroatoms. The van der Waals surface area contributed by atoms with E-state index in [9.17, 15) is 9.18 Å². The quantitative estimate of drug-likeness (QED) is 0.245. The fourth-order valence-corrected chi connectivity index (χ4v) is 7.29. The third-order valence-electron chi connectivity index (χ3n) is 9.45. The highest BCUT2D eigenvalue weighted by molar-refractivity contribution is 6.03. The number of anilines is 1. The molecule has 3 fully saturated rings. The van der Waals surface area contributed by atoms with Crippen LogP contribution in [0.15, 0.2) is 30.5 Å². The highest BCUT2D eigenvalue weighted by atomic mass is 19.1. The van der Waals surface area contributed by atoms with Gasteiger partial charge in [-0.25, -0.2) is 18.0 Å². The van der Waals surface area contributed by atoms with Gasteiger partial charge in [0.25, 0.3) is 0 Å². The van der Waals surface area contributed by atoms with E-state index >= 15 is 8.78 Å². The Morgan fingerprint density at radius 2 is 2.04 bits per heavy atom. The zero-order valence-corrected chi connectivity index (χ0v) is 27.4. The van der Waals surface area contributed by atoms with Crippen LogP contribution in [0.25, 0.3) is 32.9 Å². The third-order valence-corrected chi connectivity index (χ3v) is 9.45. The van der Waals surface area contributed by atoms with Crippen molar-refractivity contribution in [3.05, 3.63) is 47.7 Å². The maximum atomic E-state index is 17.0. The molecule has 256 valence electrons. The Balaban J connectivity index is 1.37. The van der Waals surface area contributed by atoms with Gasteiger partial charge in [0.15, 0.2) is 5.82 Å². The molecule has 2 aromatic carbocycles. The number of nitrogens with zero attached hydrogens (tertiary/aromatic N) is 5. The predicted octanol–water partition coefficient (Wildman–Crippen LogP) is 5.78. The Morgan fingerprint density at radius 3 is 2.86 bits per heavy atom. The van der Waals surface area contributed by atoms with Gasteiger partial charge in [0.1, 0.15) is 41.4 Å². The first-order valence-corrected chi connectivity index (χ1v) is 16.6. The van der Waals surface area contributed by atoms with Crippen molar-refractivity contribution in [3.63, 3.8) is 0 Å². The second-order valence-electron chi connectivity index (χ2n) is 13.2. The van der Waals surface area contributed by atoms with E-state index in [1.807, 2.05) is 4.90 Å². The Labute approximate surface area is 281 Å². The normalized spacial score (nSPS) is 21.2. The van der Waals surface area contributed by atoms with Gasteiger partial charge in [0.05, 0.1) is 23.1 Å². The van der Waals surface area contributed by atoms with Crippen LogP contribution < -0.4 is 19.7 Å². The summed E-state index contributed by atoms with van der Waals surface area (Å²) in [7, 11) is 0. The Kier molecular flexibility index (Phi) is 8.94. The van der Waals surface area contributed by atoms with Gasteiger partial charge in [-0.1, -0.05) is 12.0 Å². The Hall–Kier alpha value is -4.67. The van der Waals surface area contributed by atoms with Crippen molar-refractivity contribution in [2.24, 2.45) is 0 Å². The summed E-state index contributed by atoms with van der Waals surface area (Å²) in [6.45, 7) is 7.02. The first-order valence-electron chi connectivity index (χ1n) is 16.6.